The van der Waals surface area contributed by atoms with Crippen molar-refractivity contribution in [1.82, 2.24) is 0 Å². The number of ether oxygens (including phenoxy) is 3. The summed E-state index contributed by atoms with van der Waals surface area (Å²) in [6, 6.07) is 27.4. The molecule has 0 bridgehead atoms. The lowest BCUT2D eigenvalue weighted by Gasteiger charge is -2.15. The Hall–Kier alpha value is -4.76. The van der Waals surface area contributed by atoms with E-state index >= 15 is 0 Å². The molecule has 0 unspecified atom stereocenters. The highest BCUT2D eigenvalue weighted by atomic mass is 79.9. The van der Waals surface area contributed by atoms with Gasteiger partial charge in [-0.1, -0.05) is 54.6 Å². The maximum absolute atomic E-state index is 12.6. The summed E-state index contributed by atoms with van der Waals surface area (Å²) in [5, 5.41) is 11.1. The molecular formula is C31H23BrN2O6. The van der Waals surface area contributed by atoms with Crippen molar-refractivity contribution in [2.24, 2.45) is 4.99 Å². The Labute approximate surface area is 238 Å². The minimum absolute atomic E-state index is 0.0114. The number of cyclic esters (lactones) is 1. The first kappa shape index (κ1) is 26.8. The summed E-state index contributed by atoms with van der Waals surface area (Å²) in [6.45, 7) is 2.32. The van der Waals surface area contributed by atoms with E-state index in [-0.39, 0.29) is 23.9 Å². The van der Waals surface area contributed by atoms with Crippen molar-refractivity contribution in [3.63, 3.8) is 0 Å². The highest BCUT2D eigenvalue weighted by molar-refractivity contribution is 9.10. The van der Waals surface area contributed by atoms with E-state index in [0.717, 1.165) is 11.1 Å². The van der Waals surface area contributed by atoms with E-state index in [2.05, 4.69) is 20.9 Å². The molecule has 0 atom stereocenters. The van der Waals surface area contributed by atoms with Crippen molar-refractivity contribution in [3.05, 3.63) is 128 Å². The van der Waals surface area contributed by atoms with E-state index in [1.54, 1.807) is 30.3 Å². The number of nitro groups is 1. The largest absolute Gasteiger partial charge is 0.490 e. The SMILES string of the molecule is CCOc1cc(/C=C2\N=C(c3ccc(-c4ccccc4)cc3)OC2=O)cc(Br)c1OCc1cccc([N+](=O)[O-])c1. The summed E-state index contributed by atoms with van der Waals surface area (Å²) in [6.07, 6.45) is 1.62. The van der Waals surface area contributed by atoms with Gasteiger partial charge in [0.25, 0.3) is 5.69 Å². The number of carbonyl (C=O) groups excluding carboxylic acids is 1. The molecule has 0 N–H and O–H groups in total. The van der Waals surface area contributed by atoms with Gasteiger partial charge in [0.1, 0.15) is 6.61 Å². The Balaban J connectivity index is 1.37. The van der Waals surface area contributed by atoms with Gasteiger partial charge < -0.3 is 14.2 Å². The lowest BCUT2D eigenvalue weighted by molar-refractivity contribution is -0.384. The molecule has 40 heavy (non-hydrogen) atoms. The summed E-state index contributed by atoms with van der Waals surface area (Å²) in [5.74, 6) is 0.563. The maximum atomic E-state index is 12.6. The third-order valence-electron chi connectivity index (χ3n) is 6.00. The molecule has 0 saturated heterocycles. The predicted octanol–water partition coefficient (Wildman–Crippen LogP) is 7.35. The molecule has 0 spiro atoms. The fourth-order valence-corrected chi connectivity index (χ4v) is 4.69. The number of esters is 1. The monoisotopic (exact) mass is 598 g/mol. The van der Waals surface area contributed by atoms with Crippen LogP contribution in [0.4, 0.5) is 5.69 Å². The summed E-state index contributed by atoms with van der Waals surface area (Å²) < 4.78 is 17.8. The van der Waals surface area contributed by atoms with E-state index in [1.165, 1.54) is 12.1 Å². The van der Waals surface area contributed by atoms with Crippen molar-refractivity contribution in [1.29, 1.82) is 0 Å². The predicted molar refractivity (Wildman–Crippen MR) is 155 cm³/mol. The van der Waals surface area contributed by atoms with Gasteiger partial charge in [0.15, 0.2) is 17.2 Å². The second kappa shape index (κ2) is 12.0. The molecule has 0 saturated carbocycles. The van der Waals surface area contributed by atoms with Crippen LogP contribution in [-0.2, 0) is 16.1 Å². The molecule has 0 radical (unpaired) electrons. The minimum atomic E-state index is -0.554. The first-order valence-corrected chi connectivity index (χ1v) is 13.2. The summed E-state index contributed by atoms with van der Waals surface area (Å²) in [7, 11) is 0. The first-order chi connectivity index (χ1) is 19.4. The average Bonchev–Trinajstić information content (AvgIpc) is 3.33. The zero-order chi connectivity index (χ0) is 28.1. The van der Waals surface area contributed by atoms with E-state index in [0.29, 0.717) is 39.3 Å². The fourth-order valence-electron chi connectivity index (χ4n) is 4.12. The summed E-state index contributed by atoms with van der Waals surface area (Å²) in [4.78, 5) is 27.7. The number of hydrogen-bond donors (Lipinski definition) is 0. The first-order valence-electron chi connectivity index (χ1n) is 12.4. The van der Waals surface area contributed by atoms with Gasteiger partial charge in [-0.05, 0) is 75.4 Å². The molecule has 1 aliphatic rings. The van der Waals surface area contributed by atoms with E-state index in [4.69, 9.17) is 14.2 Å². The number of benzene rings is 4. The molecule has 8 nitrogen and oxygen atoms in total. The molecule has 1 aliphatic heterocycles. The quantitative estimate of drug-likeness (QED) is 0.0864. The zero-order valence-electron chi connectivity index (χ0n) is 21.4. The number of nitro benzene ring substituents is 1. The van der Waals surface area contributed by atoms with Crippen LogP contribution in [0.15, 0.2) is 106 Å². The number of carbonyl (C=O) groups is 1. The van der Waals surface area contributed by atoms with Gasteiger partial charge in [-0.3, -0.25) is 10.1 Å². The number of nitrogens with zero attached hydrogens (tertiary/aromatic N) is 2. The number of rotatable bonds is 9. The molecule has 1 heterocycles. The standard InChI is InChI=1S/C31H23BrN2O6/c1-2-38-28-18-21(16-26(32)29(28)39-19-20-7-6-10-25(15-20)34(36)37)17-27-31(35)40-30(33-27)24-13-11-23(12-14-24)22-8-4-3-5-9-22/h3-18H,2,19H2,1H3/b27-17-. The van der Waals surface area contributed by atoms with Crippen LogP contribution in [0.25, 0.3) is 17.2 Å². The van der Waals surface area contributed by atoms with Gasteiger partial charge in [-0.2, -0.15) is 0 Å². The van der Waals surface area contributed by atoms with E-state index in [9.17, 15) is 14.9 Å². The second-order valence-corrected chi connectivity index (χ2v) is 9.61. The normalized spacial score (nSPS) is 13.6. The van der Waals surface area contributed by atoms with Gasteiger partial charge in [-0.25, -0.2) is 9.79 Å². The second-order valence-electron chi connectivity index (χ2n) is 8.76. The smallest absolute Gasteiger partial charge is 0.363 e. The number of hydrogen-bond acceptors (Lipinski definition) is 7. The van der Waals surface area contributed by atoms with Gasteiger partial charge in [-0.15, -0.1) is 0 Å². The molecule has 0 fully saturated rings. The van der Waals surface area contributed by atoms with Crippen LogP contribution in [0.2, 0.25) is 0 Å². The Kier molecular flexibility index (Phi) is 8.02. The van der Waals surface area contributed by atoms with Crippen LogP contribution in [0.1, 0.15) is 23.6 Å². The average molecular weight is 599 g/mol. The Bertz CT molecular complexity index is 1630. The van der Waals surface area contributed by atoms with Crippen LogP contribution < -0.4 is 9.47 Å². The Morgan fingerprint density at radius 1 is 0.925 bits per heavy atom. The molecular weight excluding hydrogens is 576 g/mol. The zero-order valence-corrected chi connectivity index (χ0v) is 23.0. The molecule has 4 aromatic rings. The van der Waals surface area contributed by atoms with Crippen LogP contribution in [0, 0.1) is 10.1 Å². The lowest BCUT2D eigenvalue weighted by atomic mass is 10.0. The molecule has 0 aliphatic carbocycles. The molecule has 5 rings (SSSR count). The van der Waals surface area contributed by atoms with Crippen molar-refractivity contribution in [2.45, 2.75) is 13.5 Å². The molecule has 0 aromatic heterocycles. The number of non-ortho nitro benzene ring substituents is 1. The van der Waals surface area contributed by atoms with Crippen molar-refractivity contribution < 1.29 is 23.9 Å². The van der Waals surface area contributed by atoms with Crippen LogP contribution in [0.3, 0.4) is 0 Å². The highest BCUT2D eigenvalue weighted by Gasteiger charge is 2.25. The molecule has 0 amide bonds. The van der Waals surface area contributed by atoms with Crippen molar-refractivity contribution in [2.75, 3.05) is 6.61 Å². The van der Waals surface area contributed by atoms with Crippen LogP contribution >= 0.6 is 15.9 Å². The lowest BCUT2D eigenvalue weighted by Crippen LogP contribution is -2.05. The van der Waals surface area contributed by atoms with Gasteiger partial charge in [0.05, 0.1) is 16.0 Å². The Morgan fingerprint density at radius 2 is 1.65 bits per heavy atom. The minimum Gasteiger partial charge on any atom is -0.490 e. The van der Waals surface area contributed by atoms with Crippen LogP contribution in [-0.4, -0.2) is 23.4 Å². The van der Waals surface area contributed by atoms with Gasteiger partial charge >= 0.3 is 5.97 Å². The molecule has 200 valence electrons. The third-order valence-corrected chi connectivity index (χ3v) is 6.59. The maximum Gasteiger partial charge on any atom is 0.363 e. The fraction of sp³-hybridized carbons (Fsp3) is 0.0968. The van der Waals surface area contributed by atoms with Crippen molar-refractivity contribution >= 4 is 39.6 Å². The van der Waals surface area contributed by atoms with E-state index < -0.39 is 10.9 Å². The highest BCUT2D eigenvalue weighted by Crippen LogP contribution is 2.38. The van der Waals surface area contributed by atoms with E-state index in [1.807, 2.05) is 61.5 Å². The summed E-state index contributed by atoms with van der Waals surface area (Å²) in [5.41, 5.74) is 4.26. The third kappa shape index (κ3) is 6.10. The van der Waals surface area contributed by atoms with Crippen molar-refractivity contribution in [3.8, 4) is 22.6 Å². The molecule has 9 heteroatoms. The number of aliphatic imine (C=N–C) groups is 1. The van der Waals surface area contributed by atoms with Gasteiger partial charge in [0.2, 0.25) is 5.90 Å². The van der Waals surface area contributed by atoms with Gasteiger partial charge in [0, 0.05) is 17.7 Å². The topological polar surface area (TPSA) is 100 Å². The number of halogens is 1. The molecule has 4 aromatic carbocycles. The Morgan fingerprint density at radius 3 is 2.38 bits per heavy atom. The summed E-state index contributed by atoms with van der Waals surface area (Å²) >= 11 is 3.52. The van der Waals surface area contributed by atoms with Crippen LogP contribution in [0.5, 0.6) is 11.5 Å².